The van der Waals surface area contributed by atoms with Gasteiger partial charge in [-0.05, 0) is 31.5 Å². The summed E-state index contributed by atoms with van der Waals surface area (Å²) in [6.07, 6.45) is 0.414. The third-order valence-corrected chi connectivity index (χ3v) is 2.78. The van der Waals surface area contributed by atoms with E-state index in [4.69, 9.17) is 9.47 Å². The van der Waals surface area contributed by atoms with Gasteiger partial charge in [0, 0.05) is 6.42 Å². The van der Waals surface area contributed by atoms with Gasteiger partial charge in [-0.3, -0.25) is 4.79 Å². The van der Waals surface area contributed by atoms with E-state index in [1.165, 1.54) is 0 Å². The number of benzene rings is 1. The lowest BCUT2D eigenvalue weighted by Gasteiger charge is -2.12. The number of Topliss-reactive ketones (excluding diaryl/α,β-unsaturated/α-hetero) is 1. The van der Waals surface area contributed by atoms with E-state index in [9.17, 15) is 4.79 Å². The molecule has 0 saturated carbocycles. The average Bonchev–Trinajstić information content (AvgIpc) is 2.33. The molecule has 1 rings (SSSR count). The molecule has 0 aliphatic heterocycles. The Morgan fingerprint density at radius 1 is 1.18 bits per heavy atom. The van der Waals surface area contributed by atoms with Gasteiger partial charge >= 0.3 is 0 Å². The number of hydrogen-bond acceptors (Lipinski definition) is 3. The zero-order valence-electron chi connectivity index (χ0n) is 10.2. The van der Waals surface area contributed by atoms with Gasteiger partial charge in [-0.2, -0.15) is 0 Å². The Bertz CT molecular complexity index is 377. The van der Waals surface area contributed by atoms with Gasteiger partial charge < -0.3 is 9.47 Å². The number of carbonyl (C=O) groups is 1. The molecule has 94 valence electrons. The molecule has 0 amide bonds. The Balaban J connectivity index is 2.88. The lowest BCUT2D eigenvalue weighted by molar-refractivity contribution is -0.115. The maximum Gasteiger partial charge on any atom is 0.161 e. The summed E-state index contributed by atoms with van der Waals surface area (Å²) in [7, 11) is 0. The second-order valence-corrected chi connectivity index (χ2v) is 4.06. The molecular formula is C13H17BrO3. The van der Waals surface area contributed by atoms with Crippen LogP contribution in [0, 0.1) is 0 Å². The summed E-state index contributed by atoms with van der Waals surface area (Å²) in [5.41, 5.74) is 0.946. The number of carbonyl (C=O) groups excluding carboxylic acids is 1. The van der Waals surface area contributed by atoms with Crippen LogP contribution in [0.15, 0.2) is 18.2 Å². The number of halogens is 1. The van der Waals surface area contributed by atoms with E-state index >= 15 is 0 Å². The molecule has 17 heavy (non-hydrogen) atoms. The van der Waals surface area contributed by atoms with Crippen LogP contribution in [0.4, 0.5) is 0 Å². The van der Waals surface area contributed by atoms with Crippen LogP contribution in [-0.2, 0) is 11.2 Å². The normalized spacial score (nSPS) is 10.1. The van der Waals surface area contributed by atoms with E-state index < -0.39 is 0 Å². The van der Waals surface area contributed by atoms with Crippen LogP contribution < -0.4 is 9.47 Å². The monoisotopic (exact) mass is 300 g/mol. The van der Waals surface area contributed by atoms with Gasteiger partial charge in [0.05, 0.1) is 18.5 Å². The second kappa shape index (κ2) is 7.33. The van der Waals surface area contributed by atoms with Gasteiger partial charge in [0.15, 0.2) is 11.5 Å². The summed E-state index contributed by atoms with van der Waals surface area (Å²) in [5.74, 6) is 1.58. The Labute approximate surface area is 110 Å². The maximum atomic E-state index is 11.3. The van der Waals surface area contributed by atoms with Gasteiger partial charge in [-0.1, -0.05) is 22.0 Å². The first-order valence-electron chi connectivity index (χ1n) is 5.67. The summed E-state index contributed by atoms with van der Waals surface area (Å²) in [4.78, 5) is 11.3. The van der Waals surface area contributed by atoms with Crippen molar-refractivity contribution in [1.29, 1.82) is 0 Å². The summed E-state index contributed by atoms with van der Waals surface area (Å²) >= 11 is 3.16. The van der Waals surface area contributed by atoms with Crippen LogP contribution >= 0.6 is 15.9 Å². The van der Waals surface area contributed by atoms with Gasteiger partial charge in [0.1, 0.15) is 5.78 Å². The number of rotatable bonds is 7. The Kier molecular flexibility index (Phi) is 6.05. The molecule has 0 unspecified atom stereocenters. The predicted molar refractivity (Wildman–Crippen MR) is 71.3 cm³/mol. The highest BCUT2D eigenvalue weighted by molar-refractivity contribution is 9.09. The van der Waals surface area contributed by atoms with Gasteiger partial charge in [0.25, 0.3) is 0 Å². The van der Waals surface area contributed by atoms with Crippen molar-refractivity contribution in [3.05, 3.63) is 23.8 Å². The van der Waals surface area contributed by atoms with E-state index in [2.05, 4.69) is 15.9 Å². The lowest BCUT2D eigenvalue weighted by atomic mass is 10.1. The fraction of sp³-hybridized carbons (Fsp3) is 0.462. The summed E-state index contributed by atoms with van der Waals surface area (Å²) in [6, 6.07) is 5.62. The smallest absolute Gasteiger partial charge is 0.161 e. The van der Waals surface area contributed by atoms with Crippen molar-refractivity contribution in [2.75, 3.05) is 18.5 Å². The number of alkyl halides is 1. The zero-order chi connectivity index (χ0) is 12.7. The van der Waals surface area contributed by atoms with Crippen molar-refractivity contribution in [3.63, 3.8) is 0 Å². The first-order chi connectivity index (χ1) is 8.21. The summed E-state index contributed by atoms with van der Waals surface area (Å²) in [5, 5.41) is 0.379. The molecule has 0 heterocycles. The minimum absolute atomic E-state index is 0.150. The minimum Gasteiger partial charge on any atom is -0.490 e. The van der Waals surface area contributed by atoms with Crippen LogP contribution in [0.2, 0.25) is 0 Å². The fourth-order valence-electron chi connectivity index (χ4n) is 1.48. The van der Waals surface area contributed by atoms with Crippen molar-refractivity contribution in [2.45, 2.75) is 20.3 Å². The molecule has 0 aromatic heterocycles. The molecule has 0 radical (unpaired) electrons. The summed E-state index contributed by atoms with van der Waals surface area (Å²) < 4.78 is 11.0. The second-order valence-electron chi connectivity index (χ2n) is 3.50. The van der Waals surface area contributed by atoms with Gasteiger partial charge in [-0.25, -0.2) is 0 Å². The largest absolute Gasteiger partial charge is 0.490 e. The summed E-state index contributed by atoms with van der Waals surface area (Å²) in [6.45, 7) is 5.03. The van der Waals surface area contributed by atoms with Crippen LogP contribution in [0.25, 0.3) is 0 Å². The SMILES string of the molecule is CCOc1ccc(CC(=O)CBr)cc1OCC. The molecule has 0 aliphatic rings. The lowest BCUT2D eigenvalue weighted by Crippen LogP contribution is -2.05. The standard InChI is InChI=1S/C13H17BrO3/c1-3-16-12-6-5-10(7-11(15)9-14)8-13(12)17-4-2/h5-6,8H,3-4,7,9H2,1-2H3. The number of ketones is 1. The quantitative estimate of drug-likeness (QED) is 0.726. The fourth-order valence-corrected chi connectivity index (χ4v) is 1.68. The van der Waals surface area contributed by atoms with E-state index in [0.29, 0.717) is 30.7 Å². The molecule has 4 heteroatoms. The van der Waals surface area contributed by atoms with Crippen molar-refractivity contribution >= 4 is 21.7 Å². The first kappa shape index (κ1) is 14.0. The topological polar surface area (TPSA) is 35.5 Å². The minimum atomic E-state index is 0.150. The van der Waals surface area contributed by atoms with Crippen molar-refractivity contribution in [3.8, 4) is 11.5 Å². The highest BCUT2D eigenvalue weighted by Gasteiger charge is 2.08. The van der Waals surface area contributed by atoms with Crippen molar-refractivity contribution in [2.24, 2.45) is 0 Å². The molecule has 1 aromatic carbocycles. The van der Waals surface area contributed by atoms with E-state index in [1.54, 1.807) is 0 Å². The molecule has 0 N–H and O–H groups in total. The molecule has 0 atom stereocenters. The molecule has 0 fully saturated rings. The van der Waals surface area contributed by atoms with E-state index in [0.717, 1.165) is 11.3 Å². The van der Waals surface area contributed by atoms with Crippen LogP contribution in [0.1, 0.15) is 19.4 Å². The molecule has 0 spiro atoms. The Morgan fingerprint density at radius 3 is 2.41 bits per heavy atom. The molecular weight excluding hydrogens is 284 g/mol. The zero-order valence-corrected chi connectivity index (χ0v) is 11.7. The van der Waals surface area contributed by atoms with Crippen molar-refractivity contribution in [1.82, 2.24) is 0 Å². The highest BCUT2D eigenvalue weighted by Crippen LogP contribution is 2.28. The van der Waals surface area contributed by atoms with E-state index in [1.807, 2.05) is 32.0 Å². The highest BCUT2D eigenvalue weighted by atomic mass is 79.9. The number of ether oxygens (including phenoxy) is 2. The van der Waals surface area contributed by atoms with Gasteiger partial charge in [-0.15, -0.1) is 0 Å². The van der Waals surface area contributed by atoms with Crippen LogP contribution in [0.5, 0.6) is 11.5 Å². The van der Waals surface area contributed by atoms with E-state index in [-0.39, 0.29) is 5.78 Å². The van der Waals surface area contributed by atoms with Crippen LogP contribution in [0.3, 0.4) is 0 Å². The molecule has 3 nitrogen and oxygen atoms in total. The van der Waals surface area contributed by atoms with Gasteiger partial charge in [0.2, 0.25) is 0 Å². The maximum absolute atomic E-state index is 11.3. The average molecular weight is 301 g/mol. The molecule has 0 saturated heterocycles. The number of hydrogen-bond donors (Lipinski definition) is 0. The van der Waals surface area contributed by atoms with Crippen molar-refractivity contribution < 1.29 is 14.3 Å². The Morgan fingerprint density at radius 2 is 1.82 bits per heavy atom. The van der Waals surface area contributed by atoms with Crippen LogP contribution in [-0.4, -0.2) is 24.3 Å². The third kappa shape index (κ3) is 4.38. The third-order valence-electron chi connectivity index (χ3n) is 2.16. The first-order valence-corrected chi connectivity index (χ1v) is 6.79. The predicted octanol–water partition coefficient (Wildman–Crippen LogP) is 2.99. The Hall–Kier alpha value is -1.03. The molecule has 1 aromatic rings. The molecule has 0 aliphatic carbocycles. The molecule has 0 bridgehead atoms.